The minimum atomic E-state index is -0.637. The fraction of sp³-hybridized carbons (Fsp3) is 0.409. The second kappa shape index (κ2) is 8.53. The van der Waals surface area contributed by atoms with Gasteiger partial charge in [-0.05, 0) is 48.4 Å². The Morgan fingerprint density at radius 2 is 2.14 bits per heavy atom. The second-order valence-electron chi connectivity index (χ2n) is 7.30. The molecule has 1 aromatic heterocycles. The average molecular weight is 415 g/mol. The zero-order valence-corrected chi connectivity index (χ0v) is 17.1. The van der Waals surface area contributed by atoms with Crippen LogP contribution in [0.1, 0.15) is 48.5 Å². The summed E-state index contributed by atoms with van der Waals surface area (Å²) in [4.78, 5) is 30.7. The van der Waals surface area contributed by atoms with Crippen LogP contribution in [0.2, 0.25) is 0 Å². The normalized spacial score (nSPS) is 18.4. The van der Waals surface area contributed by atoms with E-state index in [9.17, 15) is 14.0 Å². The maximum absolute atomic E-state index is 14.4. The third kappa shape index (κ3) is 4.15. The molecule has 152 valence electrons. The highest BCUT2D eigenvalue weighted by molar-refractivity contribution is 7.99. The molecule has 0 saturated carbocycles. The zero-order valence-electron chi connectivity index (χ0n) is 16.3. The SMILES string of the molecule is CCCCSc1ccc(OC2CCN(c3cc(F)c4c(c3)C(=O)CC4)C2=O)cn1. The Labute approximate surface area is 173 Å². The van der Waals surface area contributed by atoms with E-state index in [1.54, 1.807) is 24.0 Å². The Morgan fingerprint density at radius 3 is 2.90 bits per heavy atom. The highest BCUT2D eigenvalue weighted by Gasteiger charge is 2.36. The van der Waals surface area contributed by atoms with E-state index in [1.807, 2.05) is 12.1 Å². The molecule has 1 atom stereocenters. The lowest BCUT2D eigenvalue weighted by atomic mass is 10.1. The number of ketones is 1. The van der Waals surface area contributed by atoms with Crippen LogP contribution in [0.4, 0.5) is 10.1 Å². The molecule has 0 radical (unpaired) electrons. The Morgan fingerprint density at radius 1 is 1.28 bits per heavy atom. The van der Waals surface area contributed by atoms with Gasteiger partial charge in [-0.3, -0.25) is 9.59 Å². The van der Waals surface area contributed by atoms with Crippen LogP contribution in [-0.2, 0) is 11.2 Å². The summed E-state index contributed by atoms with van der Waals surface area (Å²) in [5.74, 6) is 0.861. The van der Waals surface area contributed by atoms with Crippen molar-refractivity contribution in [3.05, 3.63) is 47.4 Å². The Hall–Kier alpha value is -2.41. The number of thioether (sulfide) groups is 1. The van der Waals surface area contributed by atoms with E-state index in [4.69, 9.17) is 4.74 Å². The van der Waals surface area contributed by atoms with Crippen molar-refractivity contribution in [2.24, 2.45) is 0 Å². The first kappa shape index (κ1) is 19.9. The largest absolute Gasteiger partial charge is 0.479 e. The summed E-state index contributed by atoms with van der Waals surface area (Å²) in [6.45, 7) is 2.58. The van der Waals surface area contributed by atoms with Gasteiger partial charge in [0.05, 0.1) is 11.2 Å². The van der Waals surface area contributed by atoms with Gasteiger partial charge < -0.3 is 9.64 Å². The number of Topliss-reactive ketones (excluding diaryl/α,β-unsaturated/α-hetero) is 1. The van der Waals surface area contributed by atoms with Crippen molar-refractivity contribution < 1.29 is 18.7 Å². The van der Waals surface area contributed by atoms with Crippen molar-refractivity contribution in [1.29, 1.82) is 0 Å². The van der Waals surface area contributed by atoms with Crippen LogP contribution in [0.15, 0.2) is 35.5 Å². The monoisotopic (exact) mass is 414 g/mol. The Bertz CT molecular complexity index is 932. The number of carbonyl (C=O) groups is 2. The van der Waals surface area contributed by atoms with Gasteiger partial charge in [0.2, 0.25) is 0 Å². The van der Waals surface area contributed by atoms with Crippen molar-refractivity contribution in [2.45, 2.75) is 50.2 Å². The van der Waals surface area contributed by atoms with Gasteiger partial charge in [-0.15, -0.1) is 11.8 Å². The first-order valence-corrected chi connectivity index (χ1v) is 11.0. The van der Waals surface area contributed by atoms with Crippen molar-refractivity contribution >= 4 is 29.1 Å². The predicted octanol–water partition coefficient (Wildman–Crippen LogP) is 4.43. The molecule has 1 aliphatic heterocycles. The van der Waals surface area contributed by atoms with Crippen LogP contribution >= 0.6 is 11.8 Å². The maximum atomic E-state index is 14.4. The average Bonchev–Trinajstić information content (AvgIpc) is 3.27. The lowest BCUT2D eigenvalue weighted by Gasteiger charge is -2.18. The molecule has 0 spiro atoms. The number of pyridine rings is 1. The minimum absolute atomic E-state index is 0.0665. The van der Waals surface area contributed by atoms with E-state index in [1.165, 1.54) is 11.0 Å². The molecule has 0 bridgehead atoms. The van der Waals surface area contributed by atoms with Crippen LogP contribution in [0.3, 0.4) is 0 Å². The number of fused-ring (bicyclic) bond motifs is 1. The number of amides is 1. The summed E-state index contributed by atoms with van der Waals surface area (Å²) < 4.78 is 20.2. The first-order chi connectivity index (χ1) is 14.1. The van der Waals surface area contributed by atoms with Gasteiger partial charge in [-0.2, -0.15) is 0 Å². The van der Waals surface area contributed by atoms with E-state index < -0.39 is 11.9 Å². The van der Waals surface area contributed by atoms with Gasteiger partial charge in [0, 0.05) is 30.6 Å². The van der Waals surface area contributed by atoms with Gasteiger partial charge in [0.1, 0.15) is 11.6 Å². The Kier molecular flexibility index (Phi) is 5.85. The summed E-state index contributed by atoms with van der Waals surface area (Å²) in [6.07, 6.45) is 4.55. The smallest absolute Gasteiger partial charge is 0.268 e. The molecule has 1 amide bonds. The van der Waals surface area contributed by atoms with Crippen molar-refractivity contribution in [2.75, 3.05) is 17.2 Å². The van der Waals surface area contributed by atoms with Crippen LogP contribution in [0.25, 0.3) is 0 Å². The number of rotatable bonds is 7. The van der Waals surface area contributed by atoms with Crippen LogP contribution in [0, 0.1) is 5.82 Å². The molecule has 1 unspecified atom stereocenters. The van der Waals surface area contributed by atoms with Gasteiger partial charge in [0.25, 0.3) is 5.91 Å². The standard InChI is InChI=1S/C22H23FN2O3S/c1-2-3-10-29-21-7-4-15(13-24-21)28-20-8-9-25(22(20)27)14-11-17-16(18(23)12-14)5-6-19(17)26/h4,7,11-13,20H,2-3,5-6,8-10H2,1H3. The lowest BCUT2D eigenvalue weighted by molar-refractivity contribution is -0.122. The lowest BCUT2D eigenvalue weighted by Crippen LogP contribution is -2.32. The molecular formula is C22H23FN2O3S. The highest BCUT2D eigenvalue weighted by Crippen LogP contribution is 2.32. The summed E-state index contributed by atoms with van der Waals surface area (Å²) >= 11 is 1.70. The van der Waals surface area contributed by atoms with Crippen LogP contribution in [0.5, 0.6) is 5.75 Å². The number of anilines is 1. The molecule has 0 N–H and O–H groups in total. The summed E-state index contributed by atoms with van der Waals surface area (Å²) in [6, 6.07) is 6.71. The number of unbranched alkanes of at least 4 members (excludes halogenated alkanes) is 1. The first-order valence-electron chi connectivity index (χ1n) is 9.99. The number of benzene rings is 1. The minimum Gasteiger partial charge on any atom is -0.479 e. The number of halogens is 1. The zero-order chi connectivity index (χ0) is 20.4. The van der Waals surface area contributed by atoms with Crippen LogP contribution < -0.4 is 9.64 Å². The number of hydrogen-bond donors (Lipinski definition) is 0. The topological polar surface area (TPSA) is 59.5 Å². The van der Waals surface area contributed by atoms with E-state index in [-0.39, 0.29) is 11.7 Å². The number of nitrogens with zero attached hydrogens (tertiary/aromatic N) is 2. The molecule has 1 fully saturated rings. The molecule has 4 rings (SSSR count). The fourth-order valence-corrected chi connectivity index (χ4v) is 4.61. The molecule has 5 nitrogen and oxygen atoms in total. The fourth-order valence-electron chi connectivity index (χ4n) is 3.68. The van der Waals surface area contributed by atoms with Crippen molar-refractivity contribution in [3.63, 3.8) is 0 Å². The summed E-state index contributed by atoms with van der Waals surface area (Å²) in [7, 11) is 0. The summed E-state index contributed by atoms with van der Waals surface area (Å²) in [5.41, 5.74) is 1.28. The molecular weight excluding hydrogens is 391 g/mol. The van der Waals surface area contributed by atoms with E-state index in [0.717, 1.165) is 23.6 Å². The third-order valence-electron chi connectivity index (χ3n) is 5.29. The van der Waals surface area contributed by atoms with Crippen LogP contribution in [-0.4, -0.2) is 35.1 Å². The third-order valence-corrected chi connectivity index (χ3v) is 6.32. The number of aromatic nitrogens is 1. The second-order valence-corrected chi connectivity index (χ2v) is 8.41. The Balaban J connectivity index is 1.42. The van der Waals surface area contributed by atoms with Crippen molar-refractivity contribution in [1.82, 2.24) is 4.98 Å². The molecule has 1 saturated heterocycles. The molecule has 29 heavy (non-hydrogen) atoms. The predicted molar refractivity (Wildman–Crippen MR) is 110 cm³/mol. The summed E-state index contributed by atoms with van der Waals surface area (Å²) in [5, 5.41) is 0.934. The number of ether oxygens (including phenoxy) is 1. The van der Waals surface area contributed by atoms with Gasteiger partial charge in [-0.1, -0.05) is 13.3 Å². The molecule has 2 heterocycles. The quantitative estimate of drug-likeness (QED) is 0.496. The molecule has 1 aliphatic carbocycles. The molecule has 2 aromatic rings. The van der Waals surface area contributed by atoms with E-state index >= 15 is 0 Å². The van der Waals surface area contributed by atoms with Crippen molar-refractivity contribution in [3.8, 4) is 5.75 Å². The van der Waals surface area contributed by atoms with E-state index in [2.05, 4.69) is 11.9 Å². The highest BCUT2D eigenvalue weighted by atomic mass is 32.2. The molecule has 1 aromatic carbocycles. The van der Waals surface area contributed by atoms with E-state index in [0.29, 0.717) is 48.4 Å². The van der Waals surface area contributed by atoms with Gasteiger partial charge in [0.15, 0.2) is 11.9 Å². The van der Waals surface area contributed by atoms with Gasteiger partial charge in [-0.25, -0.2) is 9.37 Å². The number of carbonyl (C=O) groups excluding carboxylic acids is 2. The number of hydrogen-bond acceptors (Lipinski definition) is 5. The van der Waals surface area contributed by atoms with Gasteiger partial charge >= 0.3 is 0 Å². The molecule has 7 heteroatoms. The molecule has 2 aliphatic rings. The maximum Gasteiger partial charge on any atom is 0.268 e.